The summed E-state index contributed by atoms with van der Waals surface area (Å²) in [5.41, 5.74) is 0.685. The molecule has 0 saturated carbocycles. The van der Waals surface area contributed by atoms with Gasteiger partial charge in [-0.05, 0) is 30.7 Å². The molecule has 0 aliphatic carbocycles. The molecular weight excluding hydrogens is 290 g/mol. The fraction of sp³-hybridized carbons (Fsp3) is 0.579. The molecule has 1 fully saturated rings. The van der Waals surface area contributed by atoms with Crippen LogP contribution >= 0.6 is 0 Å². The van der Waals surface area contributed by atoms with Crippen molar-refractivity contribution in [2.24, 2.45) is 11.3 Å². The van der Waals surface area contributed by atoms with Gasteiger partial charge in [0.1, 0.15) is 6.04 Å². The third kappa shape index (κ3) is 3.57. The molecule has 0 spiro atoms. The van der Waals surface area contributed by atoms with Crippen LogP contribution in [-0.4, -0.2) is 34.5 Å². The molecule has 1 saturated heterocycles. The van der Waals surface area contributed by atoms with Crippen molar-refractivity contribution in [1.82, 2.24) is 4.90 Å². The molecule has 0 aromatic heterocycles. The first kappa shape index (κ1) is 17.5. The molecule has 1 aliphatic heterocycles. The fourth-order valence-electron chi connectivity index (χ4n) is 3.46. The van der Waals surface area contributed by atoms with Crippen LogP contribution in [0.25, 0.3) is 0 Å². The van der Waals surface area contributed by atoms with E-state index in [-0.39, 0.29) is 11.8 Å². The summed E-state index contributed by atoms with van der Waals surface area (Å²) in [6, 6.07) is 9.11. The Morgan fingerprint density at radius 3 is 2.57 bits per heavy atom. The van der Waals surface area contributed by atoms with E-state index in [0.717, 1.165) is 18.4 Å². The number of nitrogens with zero attached hydrogens (tertiary/aromatic N) is 1. The topological polar surface area (TPSA) is 57.6 Å². The van der Waals surface area contributed by atoms with E-state index in [4.69, 9.17) is 0 Å². The van der Waals surface area contributed by atoms with Crippen LogP contribution in [0, 0.1) is 11.3 Å². The van der Waals surface area contributed by atoms with E-state index in [0.29, 0.717) is 19.4 Å². The molecule has 1 aromatic rings. The number of likely N-dealkylation sites (tertiary alicyclic amines) is 1. The lowest BCUT2D eigenvalue weighted by Gasteiger charge is -2.31. The smallest absolute Gasteiger partial charge is 0.326 e. The molecule has 23 heavy (non-hydrogen) atoms. The molecule has 4 heteroatoms. The van der Waals surface area contributed by atoms with Crippen LogP contribution in [0.3, 0.4) is 0 Å². The zero-order valence-electron chi connectivity index (χ0n) is 14.3. The summed E-state index contributed by atoms with van der Waals surface area (Å²) in [6.45, 7) is 6.70. The number of aliphatic carboxylic acids is 1. The summed E-state index contributed by atoms with van der Waals surface area (Å²) in [7, 11) is 0. The van der Waals surface area contributed by atoms with Gasteiger partial charge in [-0.2, -0.15) is 0 Å². The molecular formula is C19H27NO3. The van der Waals surface area contributed by atoms with Crippen molar-refractivity contribution in [3.63, 3.8) is 0 Å². The minimum atomic E-state index is -0.900. The summed E-state index contributed by atoms with van der Waals surface area (Å²) in [6.07, 6.45) is 2.80. The zero-order chi connectivity index (χ0) is 17.0. The quantitative estimate of drug-likeness (QED) is 0.839. The fourth-order valence-corrected chi connectivity index (χ4v) is 3.46. The van der Waals surface area contributed by atoms with Crippen LogP contribution in [0.5, 0.6) is 0 Å². The standard InChI is InChI=1S/C19H27NO3/c1-4-14(2)19(3)12-13-20(18(19)23)16(17(21)22)11-10-15-8-6-5-7-9-15/h5-9,14,16H,4,10-13H2,1-3H3,(H,21,22)/t14-,16?,19-/m1/s1. The van der Waals surface area contributed by atoms with Crippen LogP contribution in [0.2, 0.25) is 0 Å². The molecule has 1 amide bonds. The predicted molar refractivity (Wildman–Crippen MR) is 90.1 cm³/mol. The number of carbonyl (C=O) groups excluding carboxylic acids is 1. The van der Waals surface area contributed by atoms with E-state index in [1.54, 1.807) is 4.90 Å². The number of hydrogen-bond donors (Lipinski definition) is 1. The van der Waals surface area contributed by atoms with Crippen LogP contribution < -0.4 is 0 Å². The summed E-state index contributed by atoms with van der Waals surface area (Å²) >= 11 is 0. The first-order chi connectivity index (χ1) is 10.9. The molecule has 1 aromatic carbocycles. The molecule has 1 unspecified atom stereocenters. The Kier molecular flexibility index (Phi) is 5.45. The first-order valence-corrected chi connectivity index (χ1v) is 8.48. The number of rotatable bonds is 7. The second-order valence-electron chi connectivity index (χ2n) is 6.85. The van der Waals surface area contributed by atoms with E-state index in [2.05, 4.69) is 13.8 Å². The number of carbonyl (C=O) groups is 2. The maximum atomic E-state index is 12.8. The normalized spacial score (nSPS) is 23.8. The number of hydrogen-bond acceptors (Lipinski definition) is 2. The lowest BCUT2D eigenvalue weighted by atomic mass is 9.75. The van der Waals surface area contributed by atoms with E-state index in [1.807, 2.05) is 37.3 Å². The summed E-state index contributed by atoms with van der Waals surface area (Å²) < 4.78 is 0. The van der Waals surface area contributed by atoms with Crippen molar-refractivity contribution in [2.75, 3.05) is 6.54 Å². The maximum absolute atomic E-state index is 12.8. The minimum absolute atomic E-state index is 0.00677. The average Bonchev–Trinajstić information content (AvgIpc) is 2.85. The third-order valence-electron chi connectivity index (χ3n) is 5.53. The van der Waals surface area contributed by atoms with Gasteiger partial charge in [-0.15, -0.1) is 0 Å². The van der Waals surface area contributed by atoms with Gasteiger partial charge in [0.05, 0.1) is 5.41 Å². The molecule has 126 valence electrons. The molecule has 0 bridgehead atoms. The van der Waals surface area contributed by atoms with Crippen molar-refractivity contribution in [2.45, 2.75) is 52.5 Å². The lowest BCUT2D eigenvalue weighted by molar-refractivity contribution is -0.151. The molecule has 1 heterocycles. The Morgan fingerprint density at radius 1 is 1.35 bits per heavy atom. The van der Waals surface area contributed by atoms with Gasteiger partial charge >= 0.3 is 5.97 Å². The van der Waals surface area contributed by atoms with Crippen molar-refractivity contribution in [3.8, 4) is 0 Å². The van der Waals surface area contributed by atoms with Gasteiger partial charge in [-0.25, -0.2) is 4.79 Å². The van der Waals surface area contributed by atoms with Gasteiger partial charge in [0.2, 0.25) is 5.91 Å². The summed E-state index contributed by atoms with van der Waals surface area (Å²) in [4.78, 5) is 26.2. The Hall–Kier alpha value is -1.84. The highest BCUT2D eigenvalue weighted by Crippen LogP contribution is 2.41. The van der Waals surface area contributed by atoms with Gasteiger partial charge in [-0.3, -0.25) is 4.79 Å². The molecule has 2 rings (SSSR count). The highest BCUT2D eigenvalue weighted by molar-refractivity contribution is 5.89. The Morgan fingerprint density at radius 2 is 2.00 bits per heavy atom. The summed E-state index contributed by atoms with van der Waals surface area (Å²) in [5.74, 6) is -0.626. The monoisotopic (exact) mass is 317 g/mol. The number of aryl methyl sites for hydroxylation is 1. The van der Waals surface area contributed by atoms with Crippen LogP contribution in [0.4, 0.5) is 0 Å². The highest BCUT2D eigenvalue weighted by Gasteiger charge is 2.48. The van der Waals surface area contributed by atoms with E-state index in [9.17, 15) is 14.7 Å². The minimum Gasteiger partial charge on any atom is -0.480 e. The molecule has 0 radical (unpaired) electrons. The lowest BCUT2D eigenvalue weighted by Crippen LogP contribution is -2.46. The van der Waals surface area contributed by atoms with Crippen molar-refractivity contribution < 1.29 is 14.7 Å². The van der Waals surface area contributed by atoms with E-state index < -0.39 is 17.4 Å². The predicted octanol–water partition coefficient (Wildman–Crippen LogP) is 3.36. The van der Waals surface area contributed by atoms with E-state index in [1.165, 1.54) is 0 Å². The van der Waals surface area contributed by atoms with Gasteiger partial charge in [0, 0.05) is 6.54 Å². The third-order valence-corrected chi connectivity index (χ3v) is 5.53. The SMILES string of the molecule is CC[C@@H](C)[C@@]1(C)CCN(C(CCc2ccccc2)C(=O)O)C1=O. The van der Waals surface area contributed by atoms with Gasteiger partial charge < -0.3 is 10.0 Å². The largest absolute Gasteiger partial charge is 0.480 e. The number of benzene rings is 1. The van der Waals surface area contributed by atoms with Crippen LogP contribution in [0.15, 0.2) is 30.3 Å². The second kappa shape index (κ2) is 7.16. The first-order valence-electron chi connectivity index (χ1n) is 8.48. The Labute approximate surface area is 138 Å². The number of amides is 1. The van der Waals surface area contributed by atoms with E-state index >= 15 is 0 Å². The van der Waals surface area contributed by atoms with Crippen molar-refractivity contribution in [3.05, 3.63) is 35.9 Å². The molecule has 1 N–H and O–H groups in total. The number of carboxylic acids is 1. The average molecular weight is 317 g/mol. The Bertz CT molecular complexity index is 557. The summed E-state index contributed by atoms with van der Waals surface area (Å²) in [5, 5.41) is 9.60. The molecule has 4 nitrogen and oxygen atoms in total. The second-order valence-corrected chi connectivity index (χ2v) is 6.85. The Balaban J connectivity index is 2.10. The van der Waals surface area contributed by atoms with Gasteiger partial charge in [-0.1, -0.05) is 57.5 Å². The van der Waals surface area contributed by atoms with Crippen molar-refractivity contribution in [1.29, 1.82) is 0 Å². The van der Waals surface area contributed by atoms with Gasteiger partial charge in [0.15, 0.2) is 0 Å². The maximum Gasteiger partial charge on any atom is 0.326 e. The zero-order valence-corrected chi connectivity index (χ0v) is 14.3. The molecule has 3 atom stereocenters. The van der Waals surface area contributed by atoms with Crippen LogP contribution in [-0.2, 0) is 16.0 Å². The number of carboxylic acid groups (broad SMARTS) is 1. The molecule has 1 aliphatic rings. The van der Waals surface area contributed by atoms with Gasteiger partial charge in [0.25, 0.3) is 0 Å². The van der Waals surface area contributed by atoms with Crippen molar-refractivity contribution >= 4 is 11.9 Å². The highest BCUT2D eigenvalue weighted by atomic mass is 16.4. The van der Waals surface area contributed by atoms with Crippen LogP contribution in [0.1, 0.15) is 45.6 Å².